The predicted octanol–water partition coefficient (Wildman–Crippen LogP) is 4.46. The number of benzene rings is 1. The van der Waals surface area contributed by atoms with Crippen LogP contribution in [0.3, 0.4) is 0 Å². The van der Waals surface area contributed by atoms with Crippen molar-refractivity contribution in [3.8, 4) is 5.75 Å². The number of hydrogen-bond acceptors (Lipinski definition) is 3. The fraction of sp³-hybridized carbons (Fsp3) is 0.231. The molecule has 18 heavy (non-hydrogen) atoms. The van der Waals surface area contributed by atoms with Gasteiger partial charge in [-0.05, 0) is 42.9 Å². The molecule has 0 aliphatic carbocycles. The molecule has 1 N–H and O–H groups in total. The Morgan fingerprint density at radius 2 is 2.17 bits per heavy atom. The smallest absolute Gasteiger partial charge is 0.122 e. The molecule has 0 fully saturated rings. The average molecular weight is 347 g/mol. The van der Waals surface area contributed by atoms with Gasteiger partial charge in [0.2, 0.25) is 0 Å². The van der Waals surface area contributed by atoms with Gasteiger partial charge < -0.3 is 10.1 Å². The van der Waals surface area contributed by atoms with Crippen molar-refractivity contribution < 1.29 is 4.74 Å². The largest absolute Gasteiger partial charge is 0.488 e. The van der Waals surface area contributed by atoms with Crippen molar-refractivity contribution in [2.24, 2.45) is 0 Å². The number of hydrogen-bond donors (Lipinski definition) is 1. The van der Waals surface area contributed by atoms with Crippen LogP contribution < -0.4 is 10.1 Å². The van der Waals surface area contributed by atoms with Crippen molar-refractivity contribution in [1.29, 1.82) is 0 Å². The first-order chi connectivity index (χ1) is 8.69. The Bertz CT molecular complexity index is 529. The highest BCUT2D eigenvalue weighted by atomic mass is 79.9. The van der Waals surface area contributed by atoms with Crippen LogP contribution in [0.2, 0.25) is 4.34 Å². The lowest BCUT2D eigenvalue weighted by Gasteiger charge is -2.08. The predicted molar refractivity (Wildman–Crippen MR) is 80.6 cm³/mol. The summed E-state index contributed by atoms with van der Waals surface area (Å²) in [5.74, 6) is 0.868. The van der Waals surface area contributed by atoms with Gasteiger partial charge >= 0.3 is 0 Å². The monoisotopic (exact) mass is 345 g/mol. The molecular weight excluding hydrogens is 334 g/mol. The lowest BCUT2D eigenvalue weighted by molar-refractivity contribution is 0.309. The lowest BCUT2D eigenvalue weighted by atomic mass is 10.2. The normalized spacial score (nSPS) is 10.6. The van der Waals surface area contributed by atoms with Gasteiger partial charge in [-0.1, -0.05) is 27.5 Å². The van der Waals surface area contributed by atoms with Gasteiger partial charge in [0.15, 0.2) is 0 Å². The molecule has 1 aromatic carbocycles. The van der Waals surface area contributed by atoms with Crippen LogP contribution in [0.25, 0.3) is 0 Å². The molecular formula is C13H13BrClNOS. The van der Waals surface area contributed by atoms with E-state index in [4.69, 9.17) is 16.3 Å². The summed E-state index contributed by atoms with van der Waals surface area (Å²) >= 11 is 10.9. The molecule has 1 aromatic heterocycles. The molecule has 2 rings (SSSR count). The van der Waals surface area contributed by atoms with E-state index in [-0.39, 0.29) is 0 Å². The zero-order valence-electron chi connectivity index (χ0n) is 9.87. The van der Waals surface area contributed by atoms with E-state index < -0.39 is 0 Å². The summed E-state index contributed by atoms with van der Waals surface area (Å²) in [7, 11) is 1.92. The van der Waals surface area contributed by atoms with Gasteiger partial charge in [0.1, 0.15) is 12.4 Å². The molecule has 0 bridgehead atoms. The van der Waals surface area contributed by atoms with Crippen LogP contribution in [0, 0.1) is 0 Å². The fourth-order valence-electron chi connectivity index (χ4n) is 1.55. The Hall–Kier alpha value is -0.550. The minimum absolute atomic E-state index is 0.554. The number of thiophene rings is 1. The van der Waals surface area contributed by atoms with Gasteiger partial charge in [-0.25, -0.2) is 0 Å². The number of nitrogens with one attached hydrogen (secondary N) is 1. The van der Waals surface area contributed by atoms with Crippen molar-refractivity contribution >= 4 is 38.9 Å². The minimum atomic E-state index is 0.554. The minimum Gasteiger partial charge on any atom is -0.488 e. The lowest BCUT2D eigenvalue weighted by Crippen LogP contribution is -2.06. The van der Waals surface area contributed by atoms with Gasteiger partial charge in [0.05, 0.1) is 4.34 Å². The van der Waals surface area contributed by atoms with Crippen LogP contribution >= 0.6 is 38.9 Å². The maximum absolute atomic E-state index is 5.88. The SMILES string of the molecule is CNCc1cc(OCc2ccc(Cl)s2)ccc1Br. The first-order valence-corrected chi connectivity index (χ1v) is 7.48. The van der Waals surface area contributed by atoms with E-state index in [1.54, 1.807) is 11.3 Å². The van der Waals surface area contributed by atoms with Gasteiger partial charge in [0.25, 0.3) is 0 Å². The van der Waals surface area contributed by atoms with E-state index >= 15 is 0 Å². The first kappa shape index (κ1) is 13.9. The second-order valence-corrected chi connectivity index (χ2v) is 6.43. The molecule has 0 aliphatic rings. The molecule has 96 valence electrons. The van der Waals surface area contributed by atoms with Crippen LogP contribution in [0.5, 0.6) is 5.75 Å². The molecule has 0 saturated carbocycles. The van der Waals surface area contributed by atoms with Crippen LogP contribution in [0.4, 0.5) is 0 Å². The van der Waals surface area contributed by atoms with Crippen molar-refractivity contribution in [2.45, 2.75) is 13.2 Å². The molecule has 0 radical (unpaired) electrons. The molecule has 5 heteroatoms. The van der Waals surface area contributed by atoms with Gasteiger partial charge in [0, 0.05) is 15.9 Å². The summed E-state index contributed by atoms with van der Waals surface area (Å²) in [6.07, 6.45) is 0. The van der Waals surface area contributed by atoms with E-state index in [1.807, 2.05) is 37.4 Å². The summed E-state index contributed by atoms with van der Waals surface area (Å²) in [6, 6.07) is 9.87. The number of halogens is 2. The summed E-state index contributed by atoms with van der Waals surface area (Å²) in [4.78, 5) is 1.12. The third-order valence-corrected chi connectivity index (χ3v) is 4.37. The number of rotatable bonds is 5. The van der Waals surface area contributed by atoms with E-state index in [0.29, 0.717) is 6.61 Å². The van der Waals surface area contributed by atoms with Crippen LogP contribution in [0.1, 0.15) is 10.4 Å². The molecule has 2 aromatic rings. The second-order valence-electron chi connectivity index (χ2n) is 3.78. The maximum Gasteiger partial charge on any atom is 0.122 e. The van der Waals surface area contributed by atoms with Crippen molar-refractivity contribution in [3.05, 3.63) is 49.6 Å². The molecule has 1 heterocycles. The Balaban J connectivity index is 2.03. The fourth-order valence-corrected chi connectivity index (χ4v) is 2.94. The first-order valence-electron chi connectivity index (χ1n) is 5.49. The highest BCUT2D eigenvalue weighted by Crippen LogP contribution is 2.25. The van der Waals surface area contributed by atoms with Crippen LogP contribution in [-0.4, -0.2) is 7.05 Å². The highest BCUT2D eigenvalue weighted by molar-refractivity contribution is 9.10. The van der Waals surface area contributed by atoms with Gasteiger partial charge in [-0.2, -0.15) is 0 Å². The molecule has 0 atom stereocenters. The Morgan fingerprint density at radius 3 is 2.83 bits per heavy atom. The van der Waals surface area contributed by atoms with Crippen molar-refractivity contribution in [1.82, 2.24) is 5.32 Å². The Morgan fingerprint density at radius 1 is 1.33 bits per heavy atom. The average Bonchev–Trinajstić information content (AvgIpc) is 2.76. The standard InChI is InChI=1S/C13H13BrClNOS/c1-16-7-9-6-10(2-4-12(9)14)17-8-11-3-5-13(15)18-11/h2-6,16H,7-8H2,1H3. The van der Waals surface area contributed by atoms with Crippen LogP contribution in [0.15, 0.2) is 34.8 Å². The second kappa shape index (κ2) is 6.57. The topological polar surface area (TPSA) is 21.3 Å². The maximum atomic E-state index is 5.88. The van der Waals surface area contributed by atoms with E-state index in [2.05, 4.69) is 21.2 Å². The number of ether oxygens (including phenoxy) is 1. The molecule has 0 spiro atoms. The zero-order chi connectivity index (χ0) is 13.0. The summed E-state index contributed by atoms with van der Waals surface area (Å²) in [5, 5.41) is 3.13. The van der Waals surface area contributed by atoms with E-state index in [0.717, 1.165) is 26.0 Å². The quantitative estimate of drug-likeness (QED) is 0.863. The molecule has 0 saturated heterocycles. The molecule has 0 aliphatic heterocycles. The van der Waals surface area contributed by atoms with Gasteiger partial charge in [-0.15, -0.1) is 11.3 Å². The van der Waals surface area contributed by atoms with E-state index in [1.165, 1.54) is 5.56 Å². The van der Waals surface area contributed by atoms with E-state index in [9.17, 15) is 0 Å². The summed E-state index contributed by atoms with van der Waals surface area (Å²) < 4.78 is 7.63. The molecule has 2 nitrogen and oxygen atoms in total. The zero-order valence-corrected chi connectivity index (χ0v) is 13.0. The summed E-state index contributed by atoms with van der Waals surface area (Å²) in [5.41, 5.74) is 1.18. The molecule has 0 amide bonds. The highest BCUT2D eigenvalue weighted by Gasteiger charge is 2.03. The Labute approximate surface area is 124 Å². The van der Waals surface area contributed by atoms with Gasteiger partial charge in [-0.3, -0.25) is 0 Å². The Kier molecular flexibility index (Phi) is 5.06. The third-order valence-electron chi connectivity index (χ3n) is 2.39. The summed E-state index contributed by atoms with van der Waals surface area (Å²) in [6.45, 7) is 1.36. The third kappa shape index (κ3) is 3.72. The van der Waals surface area contributed by atoms with Crippen molar-refractivity contribution in [2.75, 3.05) is 7.05 Å². The van der Waals surface area contributed by atoms with Crippen molar-refractivity contribution in [3.63, 3.8) is 0 Å². The van der Waals surface area contributed by atoms with Crippen LogP contribution in [-0.2, 0) is 13.2 Å². The molecule has 0 unspecified atom stereocenters.